The van der Waals surface area contributed by atoms with Gasteiger partial charge in [0.15, 0.2) is 0 Å². The largest absolute Gasteiger partial charge is 0.361 e. The first-order valence-corrected chi connectivity index (χ1v) is 7.62. The summed E-state index contributed by atoms with van der Waals surface area (Å²) in [6.45, 7) is 10.4. The van der Waals surface area contributed by atoms with E-state index in [2.05, 4.69) is 15.4 Å². The third kappa shape index (κ3) is 3.85. The summed E-state index contributed by atoms with van der Waals surface area (Å²) in [6.07, 6.45) is 0. The monoisotopic (exact) mass is 308 g/mol. The smallest absolute Gasteiger partial charge is 0.259 e. The molecular weight excluding hydrogens is 284 g/mol. The van der Waals surface area contributed by atoms with Crippen LogP contribution in [0.1, 0.15) is 35.7 Å². The normalized spacial score (nSPS) is 16.1. The SMILES string of the molecule is Cc1noc(C)c1C(=O)N1CCN(CC(=O)NC(C)C)CC1. The highest BCUT2D eigenvalue weighted by molar-refractivity contribution is 5.96. The molecular formula is C15H24N4O3. The summed E-state index contributed by atoms with van der Waals surface area (Å²) in [7, 11) is 0. The molecule has 2 heterocycles. The molecule has 0 unspecified atom stereocenters. The van der Waals surface area contributed by atoms with Crippen LogP contribution in [0.25, 0.3) is 0 Å². The molecule has 1 saturated heterocycles. The summed E-state index contributed by atoms with van der Waals surface area (Å²) in [5.74, 6) is 0.546. The van der Waals surface area contributed by atoms with E-state index in [1.807, 2.05) is 13.8 Å². The van der Waals surface area contributed by atoms with Crippen molar-refractivity contribution in [1.29, 1.82) is 0 Å². The van der Waals surface area contributed by atoms with Gasteiger partial charge in [-0.15, -0.1) is 0 Å². The van der Waals surface area contributed by atoms with Crippen molar-refractivity contribution >= 4 is 11.8 Å². The highest BCUT2D eigenvalue weighted by atomic mass is 16.5. The first kappa shape index (κ1) is 16.5. The highest BCUT2D eigenvalue weighted by Crippen LogP contribution is 2.16. The van der Waals surface area contributed by atoms with Gasteiger partial charge in [0.25, 0.3) is 5.91 Å². The molecule has 0 saturated carbocycles. The Labute approximate surface area is 130 Å². The van der Waals surface area contributed by atoms with E-state index in [0.717, 1.165) is 0 Å². The van der Waals surface area contributed by atoms with Gasteiger partial charge in [-0.05, 0) is 27.7 Å². The summed E-state index contributed by atoms with van der Waals surface area (Å²) in [6, 6.07) is 0.148. The predicted octanol–water partition coefficient (Wildman–Crippen LogP) is 0.574. The number of rotatable bonds is 4. The zero-order valence-electron chi connectivity index (χ0n) is 13.7. The van der Waals surface area contributed by atoms with Gasteiger partial charge < -0.3 is 14.7 Å². The Kier molecular flexibility index (Phi) is 5.18. The average Bonchev–Trinajstić information content (AvgIpc) is 2.77. The fourth-order valence-corrected chi connectivity index (χ4v) is 2.63. The van der Waals surface area contributed by atoms with Crippen LogP contribution in [0.5, 0.6) is 0 Å². The van der Waals surface area contributed by atoms with E-state index in [4.69, 9.17) is 4.52 Å². The second kappa shape index (κ2) is 6.91. The second-order valence-corrected chi connectivity index (χ2v) is 5.99. The number of hydrogen-bond donors (Lipinski definition) is 1. The number of piperazine rings is 1. The molecule has 1 aromatic rings. The zero-order chi connectivity index (χ0) is 16.3. The number of carbonyl (C=O) groups excluding carboxylic acids is 2. The van der Waals surface area contributed by atoms with Gasteiger partial charge in [-0.1, -0.05) is 5.16 Å². The third-order valence-corrected chi connectivity index (χ3v) is 3.72. The number of carbonyl (C=O) groups is 2. The lowest BCUT2D eigenvalue weighted by molar-refractivity contribution is -0.123. The molecule has 0 atom stereocenters. The van der Waals surface area contributed by atoms with Gasteiger partial charge in [-0.3, -0.25) is 14.5 Å². The van der Waals surface area contributed by atoms with Crippen LogP contribution < -0.4 is 5.32 Å². The van der Waals surface area contributed by atoms with E-state index in [-0.39, 0.29) is 17.9 Å². The van der Waals surface area contributed by atoms with Crippen LogP contribution in [0.4, 0.5) is 0 Å². The van der Waals surface area contributed by atoms with Crippen molar-refractivity contribution in [3.05, 3.63) is 17.0 Å². The summed E-state index contributed by atoms with van der Waals surface area (Å²) in [5.41, 5.74) is 1.19. The van der Waals surface area contributed by atoms with Gasteiger partial charge in [0.1, 0.15) is 11.3 Å². The van der Waals surface area contributed by atoms with Crippen LogP contribution in [-0.4, -0.2) is 65.5 Å². The molecule has 22 heavy (non-hydrogen) atoms. The van der Waals surface area contributed by atoms with E-state index in [0.29, 0.717) is 49.7 Å². The molecule has 2 amide bonds. The van der Waals surface area contributed by atoms with Gasteiger partial charge in [-0.2, -0.15) is 0 Å². The second-order valence-electron chi connectivity index (χ2n) is 5.99. The van der Waals surface area contributed by atoms with Crippen molar-refractivity contribution in [3.63, 3.8) is 0 Å². The predicted molar refractivity (Wildman–Crippen MR) is 81.6 cm³/mol. The molecule has 1 aliphatic rings. The van der Waals surface area contributed by atoms with Crippen LogP contribution in [0.15, 0.2) is 4.52 Å². The van der Waals surface area contributed by atoms with Crippen molar-refractivity contribution < 1.29 is 14.1 Å². The van der Waals surface area contributed by atoms with Gasteiger partial charge in [0.05, 0.1) is 12.2 Å². The number of amides is 2. The van der Waals surface area contributed by atoms with Crippen molar-refractivity contribution in [2.45, 2.75) is 33.7 Å². The van der Waals surface area contributed by atoms with Crippen LogP contribution in [0, 0.1) is 13.8 Å². The van der Waals surface area contributed by atoms with E-state index in [9.17, 15) is 9.59 Å². The summed E-state index contributed by atoms with van der Waals surface area (Å²) in [5, 5.41) is 6.71. The van der Waals surface area contributed by atoms with Crippen molar-refractivity contribution in [1.82, 2.24) is 20.3 Å². The van der Waals surface area contributed by atoms with Crippen molar-refractivity contribution in [3.8, 4) is 0 Å². The maximum atomic E-state index is 12.5. The third-order valence-electron chi connectivity index (χ3n) is 3.72. The Morgan fingerprint density at radius 3 is 2.36 bits per heavy atom. The first-order valence-electron chi connectivity index (χ1n) is 7.62. The summed E-state index contributed by atoms with van der Waals surface area (Å²) >= 11 is 0. The molecule has 7 nitrogen and oxygen atoms in total. The Morgan fingerprint density at radius 1 is 1.23 bits per heavy atom. The molecule has 0 aliphatic carbocycles. The minimum absolute atomic E-state index is 0.0282. The topological polar surface area (TPSA) is 78.7 Å². The van der Waals surface area contributed by atoms with Gasteiger partial charge in [-0.25, -0.2) is 0 Å². The van der Waals surface area contributed by atoms with E-state index in [1.165, 1.54) is 0 Å². The quantitative estimate of drug-likeness (QED) is 0.880. The van der Waals surface area contributed by atoms with Crippen LogP contribution in [0.2, 0.25) is 0 Å². The van der Waals surface area contributed by atoms with E-state index < -0.39 is 0 Å². The maximum absolute atomic E-state index is 12.5. The Morgan fingerprint density at radius 2 is 1.86 bits per heavy atom. The fourth-order valence-electron chi connectivity index (χ4n) is 2.63. The molecule has 1 aliphatic heterocycles. The maximum Gasteiger partial charge on any atom is 0.259 e. The molecule has 1 N–H and O–H groups in total. The van der Waals surface area contributed by atoms with E-state index in [1.54, 1.807) is 18.7 Å². The van der Waals surface area contributed by atoms with Gasteiger partial charge >= 0.3 is 0 Å². The molecule has 122 valence electrons. The minimum atomic E-state index is -0.0393. The van der Waals surface area contributed by atoms with Gasteiger partial charge in [0.2, 0.25) is 5.91 Å². The number of hydrogen-bond acceptors (Lipinski definition) is 5. The molecule has 0 radical (unpaired) electrons. The highest BCUT2D eigenvalue weighted by Gasteiger charge is 2.27. The molecule has 1 aromatic heterocycles. The number of aryl methyl sites for hydroxylation is 2. The number of nitrogens with zero attached hydrogens (tertiary/aromatic N) is 3. The number of nitrogens with one attached hydrogen (secondary N) is 1. The molecule has 1 fully saturated rings. The van der Waals surface area contributed by atoms with Gasteiger partial charge in [0, 0.05) is 32.2 Å². The zero-order valence-corrected chi connectivity index (χ0v) is 13.7. The van der Waals surface area contributed by atoms with Crippen molar-refractivity contribution in [2.75, 3.05) is 32.7 Å². The lowest BCUT2D eigenvalue weighted by Crippen LogP contribution is -2.51. The molecule has 2 rings (SSSR count). The minimum Gasteiger partial charge on any atom is -0.361 e. The molecule has 0 spiro atoms. The lowest BCUT2D eigenvalue weighted by Gasteiger charge is -2.34. The Hall–Kier alpha value is -1.89. The lowest BCUT2D eigenvalue weighted by atomic mass is 10.1. The van der Waals surface area contributed by atoms with Crippen LogP contribution >= 0.6 is 0 Å². The Bertz CT molecular complexity index is 525. The van der Waals surface area contributed by atoms with E-state index >= 15 is 0 Å². The fraction of sp³-hybridized carbons (Fsp3) is 0.667. The molecule has 7 heteroatoms. The summed E-state index contributed by atoms with van der Waals surface area (Å²) in [4.78, 5) is 28.1. The molecule has 0 bridgehead atoms. The number of aromatic nitrogens is 1. The molecule has 0 aromatic carbocycles. The van der Waals surface area contributed by atoms with Crippen molar-refractivity contribution in [2.24, 2.45) is 0 Å². The average molecular weight is 308 g/mol. The van der Waals surface area contributed by atoms with Crippen LogP contribution in [-0.2, 0) is 4.79 Å². The van der Waals surface area contributed by atoms with Crippen LogP contribution in [0.3, 0.4) is 0 Å². The first-order chi connectivity index (χ1) is 10.4. The standard InChI is InChI=1S/C15H24N4O3/c1-10(2)16-13(20)9-18-5-7-19(8-6-18)15(21)14-11(3)17-22-12(14)4/h10H,5-9H2,1-4H3,(H,16,20). The summed E-state index contributed by atoms with van der Waals surface area (Å²) < 4.78 is 5.06. The Balaban J connectivity index is 1.87.